The Morgan fingerprint density at radius 3 is 2.79 bits per heavy atom. The lowest BCUT2D eigenvalue weighted by atomic mass is 10.00. The van der Waals surface area contributed by atoms with Crippen molar-refractivity contribution in [2.24, 2.45) is 0 Å². The fourth-order valence-corrected chi connectivity index (χ4v) is 3.85. The van der Waals surface area contributed by atoms with Crippen LogP contribution in [0.25, 0.3) is 5.52 Å². The average Bonchev–Trinajstić information content (AvgIpc) is 2.96. The van der Waals surface area contributed by atoms with Crippen molar-refractivity contribution >= 4 is 5.52 Å². The van der Waals surface area contributed by atoms with E-state index in [0.29, 0.717) is 6.04 Å². The van der Waals surface area contributed by atoms with Gasteiger partial charge in [-0.2, -0.15) is 0 Å². The predicted octanol–water partition coefficient (Wildman–Crippen LogP) is 4.07. The lowest BCUT2D eigenvalue weighted by molar-refractivity contribution is 0.132. The van der Waals surface area contributed by atoms with Crippen LogP contribution in [0.15, 0.2) is 42.6 Å². The Labute approximate surface area is 143 Å². The third-order valence-electron chi connectivity index (χ3n) is 4.98. The summed E-state index contributed by atoms with van der Waals surface area (Å²) in [6.07, 6.45) is 5.65. The van der Waals surface area contributed by atoms with Crippen molar-refractivity contribution in [1.29, 1.82) is 0 Å². The van der Waals surface area contributed by atoms with Crippen LogP contribution in [0.4, 0.5) is 0 Å². The van der Waals surface area contributed by atoms with E-state index in [1.807, 2.05) is 6.20 Å². The molecule has 4 heteroatoms. The van der Waals surface area contributed by atoms with Crippen LogP contribution >= 0.6 is 0 Å². The predicted molar refractivity (Wildman–Crippen MR) is 95.9 cm³/mol. The molecule has 1 aliphatic rings. The minimum absolute atomic E-state index is 0.356. The first-order valence-corrected chi connectivity index (χ1v) is 8.82. The molecule has 3 aromatic rings. The molecule has 1 saturated heterocycles. The molecule has 0 spiro atoms. The molecule has 0 amide bonds. The van der Waals surface area contributed by atoms with Crippen molar-refractivity contribution in [2.75, 3.05) is 6.54 Å². The van der Waals surface area contributed by atoms with Crippen molar-refractivity contribution < 1.29 is 0 Å². The van der Waals surface area contributed by atoms with Gasteiger partial charge in [0.25, 0.3) is 0 Å². The van der Waals surface area contributed by atoms with E-state index in [9.17, 15) is 0 Å². The van der Waals surface area contributed by atoms with Crippen LogP contribution in [0.5, 0.6) is 0 Å². The van der Waals surface area contributed by atoms with Crippen LogP contribution in [-0.2, 0) is 6.54 Å². The largest absolute Gasteiger partial charge is 0.289 e. The lowest BCUT2D eigenvalue weighted by Gasteiger charge is -2.35. The third-order valence-corrected chi connectivity index (χ3v) is 4.98. The second kappa shape index (κ2) is 6.36. The first-order valence-electron chi connectivity index (χ1n) is 8.82. The van der Waals surface area contributed by atoms with Crippen LogP contribution in [-0.4, -0.2) is 25.8 Å². The zero-order valence-corrected chi connectivity index (χ0v) is 14.4. The second-order valence-electron chi connectivity index (χ2n) is 6.79. The maximum Gasteiger partial charge on any atom is 0.132 e. The minimum atomic E-state index is 0.356. The molecule has 1 aliphatic heterocycles. The van der Waals surface area contributed by atoms with Crippen molar-refractivity contribution in [3.63, 3.8) is 0 Å². The van der Waals surface area contributed by atoms with Crippen molar-refractivity contribution in [3.8, 4) is 0 Å². The normalized spacial score (nSPS) is 19.0. The van der Waals surface area contributed by atoms with E-state index >= 15 is 0 Å². The van der Waals surface area contributed by atoms with Gasteiger partial charge in [-0.25, -0.2) is 9.97 Å². The highest BCUT2D eigenvalue weighted by molar-refractivity contribution is 5.48. The average molecular weight is 320 g/mol. The molecule has 2 aromatic heterocycles. The van der Waals surface area contributed by atoms with Crippen molar-refractivity contribution in [3.05, 3.63) is 65.5 Å². The number of imidazole rings is 1. The van der Waals surface area contributed by atoms with Gasteiger partial charge in [0.2, 0.25) is 0 Å². The molecule has 0 aliphatic carbocycles. The van der Waals surface area contributed by atoms with Gasteiger partial charge in [-0.3, -0.25) is 9.30 Å². The zero-order valence-electron chi connectivity index (χ0n) is 14.4. The number of hydrogen-bond acceptors (Lipinski definition) is 3. The molecule has 24 heavy (non-hydrogen) atoms. The number of rotatable bonds is 3. The van der Waals surface area contributed by atoms with Gasteiger partial charge in [0, 0.05) is 12.2 Å². The molecule has 0 bridgehead atoms. The molecule has 1 fully saturated rings. The summed E-state index contributed by atoms with van der Waals surface area (Å²) in [5, 5.41) is 0. The van der Waals surface area contributed by atoms with E-state index in [1.54, 1.807) is 0 Å². The van der Waals surface area contributed by atoms with Crippen LogP contribution in [0.2, 0.25) is 0 Å². The summed E-state index contributed by atoms with van der Waals surface area (Å²) >= 11 is 0. The molecule has 0 N–H and O–H groups in total. The first-order chi connectivity index (χ1) is 11.7. The van der Waals surface area contributed by atoms with E-state index in [1.165, 1.54) is 18.4 Å². The SMILES string of the molecule is Cc1cc2cnc(C)n2c([C@@H]2CCCCN2Cc2ccccc2)n1. The Kier molecular flexibility index (Phi) is 4.07. The summed E-state index contributed by atoms with van der Waals surface area (Å²) in [7, 11) is 0. The van der Waals surface area contributed by atoms with Gasteiger partial charge in [-0.15, -0.1) is 0 Å². The number of aromatic nitrogens is 3. The summed E-state index contributed by atoms with van der Waals surface area (Å²) in [4.78, 5) is 12.0. The molecule has 0 saturated carbocycles. The molecule has 4 rings (SSSR count). The van der Waals surface area contributed by atoms with Gasteiger partial charge in [0.05, 0.1) is 17.8 Å². The fourth-order valence-electron chi connectivity index (χ4n) is 3.85. The summed E-state index contributed by atoms with van der Waals surface area (Å²) in [5.74, 6) is 2.17. The van der Waals surface area contributed by atoms with Gasteiger partial charge in [0.1, 0.15) is 11.6 Å². The molecule has 124 valence electrons. The smallest absolute Gasteiger partial charge is 0.132 e. The number of fused-ring (bicyclic) bond motifs is 1. The van der Waals surface area contributed by atoms with Gasteiger partial charge >= 0.3 is 0 Å². The van der Waals surface area contributed by atoms with Crippen molar-refractivity contribution in [2.45, 2.75) is 45.7 Å². The zero-order chi connectivity index (χ0) is 16.5. The Morgan fingerprint density at radius 1 is 1.12 bits per heavy atom. The van der Waals surface area contributed by atoms with Crippen molar-refractivity contribution in [1.82, 2.24) is 19.3 Å². The Hall–Kier alpha value is -2.20. The number of piperidine rings is 1. The van der Waals surface area contributed by atoms with E-state index in [0.717, 1.165) is 42.4 Å². The number of likely N-dealkylation sites (tertiary alicyclic amines) is 1. The van der Waals surface area contributed by atoms with Crippen LogP contribution in [0, 0.1) is 13.8 Å². The Balaban J connectivity index is 1.74. The molecule has 1 aromatic carbocycles. The highest BCUT2D eigenvalue weighted by atomic mass is 15.2. The monoisotopic (exact) mass is 320 g/mol. The van der Waals surface area contributed by atoms with Crippen LogP contribution in [0.1, 0.15) is 48.2 Å². The highest BCUT2D eigenvalue weighted by Crippen LogP contribution is 2.32. The number of hydrogen-bond donors (Lipinski definition) is 0. The molecular weight excluding hydrogens is 296 g/mol. The van der Waals surface area contributed by atoms with Crippen LogP contribution in [0.3, 0.4) is 0 Å². The summed E-state index contributed by atoms with van der Waals surface area (Å²) < 4.78 is 2.24. The third kappa shape index (κ3) is 2.82. The Morgan fingerprint density at radius 2 is 1.96 bits per heavy atom. The van der Waals surface area contributed by atoms with Crippen LogP contribution < -0.4 is 0 Å². The number of nitrogens with zero attached hydrogens (tertiary/aromatic N) is 4. The molecule has 3 heterocycles. The standard InChI is InChI=1S/C20H24N4/c1-15-12-18-13-21-16(2)24(18)20(22-15)19-10-6-7-11-23(19)14-17-8-4-3-5-9-17/h3-5,8-9,12-13,19H,6-7,10-11,14H2,1-2H3/t19-/m0/s1. The van der Waals surface area contributed by atoms with E-state index in [4.69, 9.17) is 4.98 Å². The minimum Gasteiger partial charge on any atom is -0.289 e. The summed E-state index contributed by atoms with van der Waals surface area (Å²) in [6, 6.07) is 13.2. The van der Waals surface area contributed by atoms with Gasteiger partial charge < -0.3 is 0 Å². The summed E-state index contributed by atoms with van der Waals surface area (Å²) in [5.41, 5.74) is 3.60. The highest BCUT2D eigenvalue weighted by Gasteiger charge is 2.27. The maximum absolute atomic E-state index is 4.93. The fraction of sp³-hybridized carbons (Fsp3) is 0.400. The topological polar surface area (TPSA) is 33.4 Å². The Bertz CT molecular complexity index is 837. The van der Waals surface area contributed by atoms with Gasteiger partial charge in [0.15, 0.2) is 0 Å². The molecule has 4 nitrogen and oxygen atoms in total. The van der Waals surface area contributed by atoms with E-state index in [2.05, 4.69) is 64.5 Å². The summed E-state index contributed by atoms with van der Waals surface area (Å²) in [6.45, 7) is 6.26. The van der Waals surface area contributed by atoms with Gasteiger partial charge in [-0.05, 0) is 44.9 Å². The second-order valence-corrected chi connectivity index (χ2v) is 6.79. The quantitative estimate of drug-likeness (QED) is 0.729. The molecular formula is C20H24N4. The number of benzene rings is 1. The molecule has 1 atom stereocenters. The van der Waals surface area contributed by atoms with E-state index in [-0.39, 0.29) is 0 Å². The first kappa shape index (κ1) is 15.3. The lowest BCUT2D eigenvalue weighted by Crippen LogP contribution is -2.34. The number of aryl methyl sites for hydroxylation is 2. The molecule has 0 unspecified atom stereocenters. The maximum atomic E-state index is 4.93. The molecule has 0 radical (unpaired) electrons. The van der Waals surface area contributed by atoms with Gasteiger partial charge in [-0.1, -0.05) is 36.8 Å². The van der Waals surface area contributed by atoms with E-state index < -0.39 is 0 Å².